The van der Waals surface area contributed by atoms with Gasteiger partial charge in [-0.1, -0.05) is 47.5 Å². The normalized spacial score (nSPS) is 13.7. The molecular formula is C20H26N2O3S. The van der Waals surface area contributed by atoms with Gasteiger partial charge in [-0.15, -0.1) is 0 Å². The third-order valence-electron chi connectivity index (χ3n) is 4.31. The van der Waals surface area contributed by atoms with Crippen molar-refractivity contribution in [2.75, 3.05) is 10.6 Å². The van der Waals surface area contributed by atoms with Crippen LogP contribution in [0.5, 0.6) is 0 Å². The molecule has 2 atom stereocenters. The SMILES string of the molecule is Cc1ccc(C(C)NC(=O)C(C)N(c2ccc(C)cc2)S(C)(=O)=O)cc1. The number of rotatable bonds is 6. The molecule has 26 heavy (non-hydrogen) atoms. The summed E-state index contributed by atoms with van der Waals surface area (Å²) in [5.41, 5.74) is 3.61. The third kappa shape index (κ3) is 4.85. The lowest BCUT2D eigenvalue weighted by Crippen LogP contribution is -2.48. The molecule has 0 aliphatic carbocycles. The van der Waals surface area contributed by atoms with E-state index in [4.69, 9.17) is 0 Å². The van der Waals surface area contributed by atoms with Crippen molar-refractivity contribution < 1.29 is 13.2 Å². The van der Waals surface area contributed by atoms with E-state index < -0.39 is 16.1 Å². The van der Waals surface area contributed by atoms with Crippen LogP contribution in [0.1, 0.15) is 36.6 Å². The Labute approximate surface area is 156 Å². The zero-order chi connectivity index (χ0) is 19.5. The smallest absolute Gasteiger partial charge is 0.244 e. The van der Waals surface area contributed by atoms with E-state index in [0.29, 0.717) is 5.69 Å². The van der Waals surface area contributed by atoms with Gasteiger partial charge in [0.15, 0.2) is 0 Å². The summed E-state index contributed by atoms with van der Waals surface area (Å²) in [6.45, 7) is 7.40. The topological polar surface area (TPSA) is 66.5 Å². The second kappa shape index (κ2) is 7.91. The highest BCUT2D eigenvalue weighted by molar-refractivity contribution is 7.92. The lowest BCUT2D eigenvalue weighted by molar-refractivity contribution is -0.122. The maximum absolute atomic E-state index is 12.7. The fourth-order valence-electron chi connectivity index (χ4n) is 2.77. The van der Waals surface area contributed by atoms with Gasteiger partial charge < -0.3 is 5.32 Å². The number of nitrogens with zero attached hydrogens (tertiary/aromatic N) is 1. The minimum absolute atomic E-state index is 0.218. The highest BCUT2D eigenvalue weighted by Crippen LogP contribution is 2.22. The Morgan fingerprint density at radius 1 is 0.923 bits per heavy atom. The number of sulfonamides is 1. The zero-order valence-corrected chi connectivity index (χ0v) is 16.7. The van der Waals surface area contributed by atoms with Gasteiger partial charge in [-0.3, -0.25) is 9.10 Å². The van der Waals surface area contributed by atoms with Gasteiger partial charge in [0.05, 0.1) is 18.0 Å². The van der Waals surface area contributed by atoms with Gasteiger partial charge in [0, 0.05) is 0 Å². The molecule has 2 unspecified atom stereocenters. The summed E-state index contributed by atoms with van der Waals surface area (Å²) in [5, 5.41) is 2.90. The fourth-order valence-corrected chi connectivity index (χ4v) is 3.95. The first-order valence-corrected chi connectivity index (χ1v) is 10.4. The molecule has 0 aliphatic heterocycles. The van der Waals surface area contributed by atoms with E-state index in [2.05, 4.69) is 5.32 Å². The van der Waals surface area contributed by atoms with Crippen LogP contribution in [0.3, 0.4) is 0 Å². The van der Waals surface area contributed by atoms with Gasteiger partial charge in [-0.05, 0) is 45.4 Å². The summed E-state index contributed by atoms with van der Waals surface area (Å²) in [6, 6.07) is 13.9. The summed E-state index contributed by atoms with van der Waals surface area (Å²) in [4.78, 5) is 12.7. The molecule has 0 bridgehead atoms. The Morgan fingerprint density at radius 3 is 1.85 bits per heavy atom. The first-order chi connectivity index (χ1) is 12.1. The van der Waals surface area contributed by atoms with Crippen molar-refractivity contribution >= 4 is 21.6 Å². The van der Waals surface area contributed by atoms with Crippen LogP contribution in [0.15, 0.2) is 48.5 Å². The molecule has 0 aliphatic rings. The molecule has 0 spiro atoms. The van der Waals surface area contributed by atoms with Gasteiger partial charge in [0.1, 0.15) is 6.04 Å². The van der Waals surface area contributed by atoms with Crippen molar-refractivity contribution in [3.63, 3.8) is 0 Å². The van der Waals surface area contributed by atoms with E-state index in [1.807, 2.05) is 57.2 Å². The number of nitrogens with one attached hydrogen (secondary N) is 1. The molecule has 0 heterocycles. The van der Waals surface area contributed by atoms with Crippen LogP contribution in [0.25, 0.3) is 0 Å². The molecule has 0 fully saturated rings. The summed E-state index contributed by atoms with van der Waals surface area (Å²) >= 11 is 0. The standard InChI is InChI=1S/C20H26N2O3S/c1-14-6-10-18(11-7-14)16(3)21-20(23)17(4)22(26(5,24)25)19-12-8-15(2)9-13-19/h6-13,16-17H,1-5H3,(H,21,23). The molecule has 1 N–H and O–H groups in total. The molecule has 2 rings (SSSR count). The number of hydrogen-bond acceptors (Lipinski definition) is 3. The Hall–Kier alpha value is -2.34. The van der Waals surface area contributed by atoms with Gasteiger partial charge in [0.25, 0.3) is 0 Å². The first kappa shape index (κ1) is 20.0. The maximum Gasteiger partial charge on any atom is 0.244 e. The van der Waals surface area contributed by atoms with Crippen LogP contribution in [0.2, 0.25) is 0 Å². The van der Waals surface area contributed by atoms with Gasteiger partial charge in [-0.2, -0.15) is 0 Å². The number of carbonyl (C=O) groups excluding carboxylic acids is 1. The lowest BCUT2D eigenvalue weighted by atomic mass is 10.1. The van der Waals surface area contributed by atoms with E-state index in [9.17, 15) is 13.2 Å². The number of hydrogen-bond donors (Lipinski definition) is 1. The van der Waals surface area contributed by atoms with E-state index in [0.717, 1.165) is 27.3 Å². The van der Waals surface area contributed by atoms with Crippen LogP contribution < -0.4 is 9.62 Å². The predicted octanol–water partition coefficient (Wildman–Crippen LogP) is 3.34. The summed E-state index contributed by atoms with van der Waals surface area (Å²) in [5.74, 6) is -0.343. The van der Waals surface area contributed by atoms with Crippen LogP contribution in [0, 0.1) is 13.8 Å². The van der Waals surface area contributed by atoms with E-state index in [1.165, 1.54) is 0 Å². The zero-order valence-electron chi connectivity index (χ0n) is 15.9. The average molecular weight is 375 g/mol. The predicted molar refractivity (Wildman–Crippen MR) is 106 cm³/mol. The molecule has 0 saturated heterocycles. The average Bonchev–Trinajstić information content (AvgIpc) is 2.56. The van der Waals surface area contributed by atoms with Crippen LogP contribution in [0.4, 0.5) is 5.69 Å². The Bertz CT molecular complexity index is 859. The Balaban J connectivity index is 2.22. The highest BCUT2D eigenvalue weighted by atomic mass is 32.2. The second-order valence-corrected chi connectivity index (χ2v) is 8.57. The minimum atomic E-state index is -3.61. The molecule has 2 aromatic carbocycles. The van der Waals surface area contributed by atoms with Gasteiger partial charge in [0.2, 0.25) is 15.9 Å². The van der Waals surface area contributed by atoms with Crippen LogP contribution >= 0.6 is 0 Å². The second-order valence-electron chi connectivity index (χ2n) is 6.71. The van der Waals surface area contributed by atoms with Crippen LogP contribution in [-0.2, 0) is 14.8 Å². The number of anilines is 1. The molecule has 0 saturated carbocycles. The third-order valence-corrected chi connectivity index (χ3v) is 5.55. The number of aryl methyl sites for hydroxylation is 2. The molecule has 1 amide bonds. The van der Waals surface area contributed by atoms with Crippen molar-refractivity contribution in [3.05, 3.63) is 65.2 Å². The molecule has 0 aromatic heterocycles. The fraction of sp³-hybridized carbons (Fsp3) is 0.350. The molecule has 2 aromatic rings. The van der Waals surface area contributed by atoms with Crippen molar-refractivity contribution in [3.8, 4) is 0 Å². The maximum atomic E-state index is 12.7. The quantitative estimate of drug-likeness (QED) is 0.843. The first-order valence-electron chi connectivity index (χ1n) is 8.52. The monoisotopic (exact) mass is 374 g/mol. The van der Waals surface area contributed by atoms with E-state index in [1.54, 1.807) is 19.1 Å². The van der Waals surface area contributed by atoms with E-state index in [-0.39, 0.29) is 11.9 Å². The van der Waals surface area contributed by atoms with Crippen LogP contribution in [-0.4, -0.2) is 26.6 Å². The summed E-state index contributed by atoms with van der Waals surface area (Å²) in [6.07, 6.45) is 1.11. The number of benzene rings is 2. The van der Waals surface area contributed by atoms with Crippen molar-refractivity contribution in [2.45, 2.75) is 39.8 Å². The molecule has 6 heteroatoms. The van der Waals surface area contributed by atoms with Crippen molar-refractivity contribution in [1.29, 1.82) is 0 Å². The Kier molecular flexibility index (Phi) is 6.08. The van der Waals surface area contributed by atoms with Crippen molar-refractivity contribution in [1.82, 2.24) is 5.32 Å². The molecule has 140 valence electrons. The Morgan fingerprint density at radius 2 is 1.38 bits per heavy atom. The lowest BCUT2D eigenvalue weighted by Gasteiger charge is -2.29. The molecule has 5 nitrogen and oxygen atoms in total. The summed E-state index contributed by atoms with van der Waals surface area (Å²) < 4.78 is 25.8. The largest absolute Gasteiger partial charge is 0.348 e. The van der Waals surface area contributed by atoms with Gasteiger partial charge >= 0.3 is 0 Å². The molecular weight excluding hydrogens is 348 g/mol. The minimum Gasteiger partial charge on any atom is -0.348 e. The van der Waals surface area contributed by atoms with Crippen molar-refractivity contribution in [2.24, 2.45) is 0 Å². The van der Waals surface area contributed by atoms with E-state index >= 15 is 0 Å². The van der Waals surface area contributed by atoms with Gasteiger partial charge in [-0.25, -0.2) is 8.42 Å². The molecule has 0 radical (unpaired) electrons. The summed E-state index contributed by atoms with van der Waals surface area (Å²) in [7, 11) is -3.61. The number of carbonyl (C=O) groups is 1. The number of amides is 1. The highest BCUT2D eigenvalue weighted by Gasteiger charge is 2.29.